The predicted molar refractivity (Wildman–Crippen MR) is 123 cm³/mol. The van der Waals surface area contributed by atoms with Crippen molar-refractivity contribution in [2.75, 3.05) is 0 Å². The summed E-state index contributed by atoms with van der Waals surface area (Å²) < 4.78 is 5.11. The first kappa shape index (κ1) is 33.1. The van der Waals surface area contributed by atoms with E-state index in [2.05, 4.69) is 20.8 Å². The van der Waals surface area contributed by atoms with Crippen molar-refractivity contribution in [2.45, 2.75) is 149 Å². The van der Waals surface area contributed by atoms with E-state index in [1.807, 2.05) is 0 Å². The second kappa shape index (κ2) is 24.6. The van der Waals surface area contributed by atoms with Gasteiger partial charge >= 0.3 is 35.5 Å². The fraction of sp³-hybridized carbons (Fsp3) is 0.923. The molecular weight excluding hydrogens is 399 g/mol. The fourth-order valence-corrected chi connectivity index (χ4v) is 3.79. The Morgan fingerprint density at radius 2 is 1.10 bits per heavy atom. The quantitative estimate of drug-likeness (QED) is 0.144. The number of carboxylic acid groups (broad SMARTS) is 1. The maximum atomic E-state index is 11.9. The third-order valence-electron chi connectivity index (χ3n) is 5.77. The van der Waals surface area contributed by atoms with Gasteiger partial charge < -0.3 is 14.6 Å². The number of unbranched alkanes of at least 4 members (excludes halogenated alkanes) is 14. The van der Waals surface area contributed by atoms with E-state index in [9.17, 15) is 14.7 Å². The van der Waals surface area contributed by atoms with Gasteiger partial charge in [-0.3, -0.25) is 4.79 Å². The average molecular weight is 449 g/mol. The van der Waals surface area contributed by atoms with E-state index in [1.54, 1.807) is 0 Å². The second-order valence-electron chi connectivity index (χ2n) is 9.32. The molecule has 0 N–H and O–H groups in total. The van der Waals surface area contributed by atoms with Gasteiger partial charge in [0.05, 0.1) is 5.97 Å². The van der Waals surface area contributed by atoms with Crippen LogP contribution in [0.5, 0.6) is 0 Å². The van der Waals surface area contributed by atoms with Crippen LogP contribution in [0.3, 0.4) is 0 Å². The summed E-state index contributed by atoms with van der Waals surface area (Å²) in [6.45, 7) is 6.70. The molecule has 0 aliphatic heterocycles. The normalized spacial score (nSPS) is 11.9. The van der Waals surface area contributed by atoms with Crippen molar-refractivity contribution in [1.82, 2.24) is 0 Å². The Morgan fingerprint density at radius 3 is 1.55 bits per heavy atom. The summed E-state index contributed by atoms with van der Waals surface area (Å²) in [7, 11) is 0. The summed E-state index contributed by atoms with van der Waals surface area (Å²) in [4.78, 5) is 23.0. The third-order valence-corrected chi connectivity index (χ3v) is 5.77. The van der Waals surface area contributed by atoms with Crippen LogP contribution in [0.4, 0.5) is 0 Å². The van der Waals surface area contributed by atoms with Crippen LogP contribution in [-0.2, 0) is 14.3 Å². The molecule has 0 bridgehead atoms. The molecule has 5 heteroatoms. The molecule has 0 radical (unpaired) electrons. The topological polar surface area (TPSA) is 66.4 Å². The van der Waals surface area contributed by atoms with Crippen LogP contribution in [0.1, 0.15) is 143 Å². The minimum Gasteiger partial charge on any atom is -0.546 e. The van der Waals surface area contributed by atoms with Crippen molar-refractivity contribution in [1.29, 1.82) is 0 Å². The van der Waals surface area contributed by atoms with Crippen LogP contribution < -0.4 is 34.7 Å². The molecule has 0 saturated carbocycles. The molecule has 31 heavy (non-hydrogen) atoms. The van der Waals surface area contributed by atoms with E-state index < -0.39 is 18.0 Å². The zero-order chi connectivity index (χ0) is 22.5. The van der Waals surface area contributed by atoms with E-state index in [4.69, 9.17) is 4.74 Å². The zero-order valence-electron chi connectivity index (χ0n) is 21.2. The molecule has 0 rings (SSSR count). The van der Waals surface area contributed by atoms with Crippen LogP contribution in [0.2, 0.25) is 0 Å². The maximum Gasteiger partial charge on any atom is 1.00 e. The van der Waals surface area contributed by atoms with Crippen molar-refractivity contribution >= 4 is 11.9 Å². The predicted octanol–water partition coefficient (Wildman–Crippen LogP) is 3.74. The molecule has 1 unspecified atom stereocenters. The Balaban J connectivity index is 0. The minimum absolute atomic E-state index is 0. The van der Waals surface area contributed by atoms with Gasteiger partial charge in [-0.2, -0.15) is 0 Å². The summed E-state index contributed by atoms with van der Waals surface area (Å²) in [6.07, 6.45) is 19.9. The van der Waals surface area contributed by atoms with Gasteiger partial charge in [-0.1, -0.05) is 117 Å². The van der Waals surface area contributed by atoms with Gasteiger partial charge in [0, 0.05) is 6.42 Å². The molecule has 0 heterocycles. The van der Waals surface area contributed by atoms with Crippen LogP contribution in [0, 0.1) is 5.92 Å². The van der Waals surface area contributed by atoms with Crippen molar-refractivity contribution in [3.63, 3.8) is 0 Å². The van der Waals surface area contributed by atoms with E-state index in [0.29, 0.717) is 12.8 Å². The Morgan fingerprint density at radius 1 is 0.677 bits per heavy atom. The molecule has 178 valence electrons. The van der Waals surface area contributed by atoms with Gasteiger partial charge in [0.15, 0.2) is 0 Å². The molecular formula is C26H49NaO4. The first-order valence-electron chi connectivity index (χ1n) is 12.9. The summed E-state index contributed by atoms with van der Waals surface area (Å²) in [5.74, 6) is -0.821. The van der Waals surface area contributed by atoms with Crippen molar-refractivity contribution in [3.05, 3.63) is 0 Å². The molecule has 0 aromatic heterocycles. The third kappa shape index (κ3) is 24.4. The molecule has 0 fully saturated rings. The van der Waals surface area contributed by atoms with Crippen LogP contribution in [-0.4, -0.2) is 18.0 Å². The van der Waals surface area contributed by atoms with E-state index in [0.717, 1.165) is 50.9 Å². The molecule has 0 saturated heterocycles. The van der Waals surface area contributed by atoms with Gasteiger partial charge in [-0.05, 0) is 25.2 Å². The van der Waals surface area contributed by atoms with Crippen LogP contribution in [0.15, 0.2) is 0 Å². The summed E-state index contributed by atoms with van der Waals surface area (Å²) in [6, 6.07) is 0. The summed E-state index contributed by atoms with van der Waals surface area (Å²) in [5, 5.41) is 11.1. The van der Waals surface area contributed by atoms with Gasteiger partial charge in [0.1, 0.15) is 6.10 Å². The standard InChI is InChI=1S/C26H50O4.Na/c1-4-5-6-18-21-24(26(28)29)30-25(27)22-19-16-14-12-10-8-7-9-11-13-15-17-20-23(2)3;/h23-24H,4-22H2,1-3H3,(H,28,29);/q;+1/p-1. The molecule has 4 nitrogen and oxygen atoms in total. The summed E-state index contributed by atoms with van der Waals surface area (Å²) in [5.41, 5.74) is 0. The first-order chi connectivity index (χ1) is 14.5. The number of hydrogen-bond acceptors (Lipinski definition) is 4. The van der Waals surface area contributed by atoms with Crippen molar-refractivity contribution in [2.24, 2.45) is 5.92 Å². The average Bonchev–Trinajstić information content (AvgIpc) is 2.70. The monoisotopic (exact) mass is 448 g/mol. The number of carbonyl (C=O) groups is 2. The van der Waals surface area contributed by atoms with Crippen molar-refractivity contribution in [3.8, 4) is 0 Å². The number of rotatable bonds is 22. The molecule has 0 amide bonds. The van der Waals surface area contributed by atoms with Gasteiger partial charge in [-0.25, -0.2) is 0 Å². The molecule has 0 aliphatic rings. The largest absolute Gasteiger partial charge is 1.00 e. The van der Waals surface area contributed by atoms with E-state index in [-0.39, 0.29) is 29.6 Å². The molecule has 1 atom stereocenters. The number of esters is 1. The van der Waals surface area contributed by atoms with Gasteiger partial charge in [0.25, 0.3) is 0 Å². The number of carboxylic acids is 1. The Hall–Kier alpha value is -0.0600. The zero-order valence-corrected chi connectivity index (χ0v) is 23.2. The number of aliphatic carboxylic acids is 1. The van der Waals surface area contributed by atoms with E-state index >= 15 is 0 Å². The maximum absolute atomic E-state index is 11.9. The van der Waals surface area contributed by atoms with Crippen LogP contribution >= 0.6 is 0 Å². The Kier molecular flexibility index (Phi) is 26.3. The van der Waals surface area contributed by atoms with Crippen molar-refractivity contribution < 1.29 is 49.0 Å². The van der Waals surface area contributed by atoms with E-state index in [1.165, 1.54) is 64.2 Å². The fourth-order valence-electron chi connectivity index (χ4n) is 3.79. The summed E-state index contributed by atoms with van der Waals surface area (Å²) >= 11 is 0. The SMILES string of the molecule is CCCCCCC(OC(=O)CCCCCCCCCCCCCCC(C)C)C(=O)[O-].[Na+]. The molecule has 0 spiro atoms. The molecule has 0 aliphatic carbocycles. The van der Waals surface area contributed by atoms with Crippen LogP contribution in [0.25, 0.3) is 0 Å². The Bertz CT molecular complexity index is 412. The number of ether oxygens (including phenoxy) is 1. The van der Waals surface area contributed by atoms with Gasteiger partial charge in [0.2, 0.25) is 0 Å². The molecule has 0 aromatic rings. The number of carbonyl (C=O) groups excluding carboxylic acids is 2. The Labute approximate surface area is 215 Å². The minimum atomic E-state index is -1.27. The second-order valence-corrected chi connectivity index (χ2v) is 9.32. The van der Waals surface area contributed by atoms with Gasteiger partial charge in [-0.15, -0.1) is 0 Å². The first-order valence-corrected chi connectivity index (χ1v) is 12.9. The molecule has 0 aromatic carbocycles. The number of hydrogen-bond donors (Lipinski definition) is 0. The smallest absolute Gasteiger partial charge is 0.546 e.